The molecule has 2 heterocycles. The maximum Gasteiger partial charge on any atom is 0.246 e. The predicted molar refractivity (Wildman–Crippen MR) is 117 cm³/mol. The monoisotopic (exact) mass is 426 g/mol. The first-order valence-electron chi connectivity index (χ1n) is 9.46. The van der Waals surface area contributed by atoms with Gasteiger partial charge in [-0.1, -0.05) is 30.3 Å². The van der Waals surface area contributed by atoms with Crippen molar-refractivity contribution in [3.8, 4) is 0 Å². The van der Waals surface area contributed by atoms with Gasteiger partial charge >= 0.3 is 0 Å². The predicted octanol–water partition coefficient (Wildman–Crippen LogP) is 3.76. The summed E-state index contributed by atoms with van der Waals surface area (Å²) in [5.74, 6) is -0.0844. The SMILES string of the molecule is Cc1ccc(/C=C/C(=O)N2CCN(S(=O)(=O)c3ccc4ccccc4c3)CC2)s1. The number of amides is 1. The molecule has 0 atom stereocenters. The molecule has 1 saturated heterocycles. The molecule has 0 radical (unpaired) electrons. The first-order chi connectivity index (χ1) is 13.9. The number of carbonyl (C=O) groups excluding carboxylic acids is 1. The van der Waals surface area contributed by atoms with E-state index in [1.165, 1.54) is 9.18 Å². The topological polar surface area (TPSA) is 57.7 Å². The van der Waals surface area contributed by atoms with Gasteiger partial charge in [-0.25, -0.2) is 8.42 Å². The highest BCUT2D eigenvalue weighted by Crippen LogP contribution is 2.23. The van der Waals surface area contributed by atoms with E-state index in [0.717, 1.165) is 15.6 Å². The van der Waals surface area contributed by atoms with Crippen LogP contribution in [-0.4, -0.2) is 49.7 Å². The number of benzene rings is 2. The Morgan fingerprint density at radius 2 is 1.69 bits per heavy atom. The molecular weight excluding hydrogens is 404 g/mol. The Morgan fingerprint density at radius 3 is 2.38 bits per heavy atom. The fourth-order valence-corrected chi connectivity index (χ4v) is 5.67. The molecule has 1 aliphatic rings. The van der Waals surface area contributed by atoms with Crippen LogP contribution >= 0.6 is 11.3 Å². The van der Waals surface area contributed by atoms with Gasteiger partial charge in [0, 0.05) is 42.0 Å². The van der Waals surface area contributed by atoms with Crippen molar-refractivity contribution in [3.63, 3.8) is 0 Å². The summed E-state index contributed by atoms with van der Waals surface area (Å²) < 4.78 is 27.5. The second kappa shape index (κ2) is 8.10. The van der Waals surface area contributed by atoms with E-state index in [2.05, 4.69) is 0 Å². The molecule has 1 aromatic heterocycles. The Bertz CT molecular complexity index is 1170. The molecule has 1 amide bonds. The zero-order valence-electron chi connectivity index (χ0n) is 16.1. The smallest absolute Gasteiger partial charge is 0.246 e. The van der Waals surface area contributed by atoms with Gasteiger partial charge in [0.1, 0.15) is 0 Å². The number of hydrogen-bond donors (Lipinski definition) is 0. The van der Waals surface area contributed by atoms with E-state index in [0.29, 0.717) is 31.1 Å². The summed E-state index contributed by atoms with van der Waals surface area (Å²) in [6.45, 7) is 3.40. The molecule has 0 aliphatic carbocycles. The maximum atomic E-state index is 13.0. The van der Waals surface area contributed by atoms with Crippen molar-refractivity contribution in [2.24, 2.45) is 0 Å². The van der Waals surface area contributed by atoms with Crippen molar-refractivity contribution >= 4 is 44.1 Å². The minimum Gasteiger partial charge on any atom is -0.337 e. The molecule has 29 heavy (non-hydrogen) atoms. The summed E-state index contributed by atoms with van der Waals surface area (Å²) >= 11 is 1.63. The summed E-state index contributed by atoms with van der Waals surface area (Å²) in [5.41, 5.74) is 0. The molecule has 0 N–H and O–H groups in total. The zero-order valence-corrected chi connectivity index (χ0v) is 17.7. The van der Waals surface area contributed by atoms with Crippen LogP contribution < -0.4 is 0 Å². The highest BCUT2D eigenvalue weighted by Gasteiger charge is 2.29. The summed E-state index contributed by atoms with van der Waals surface area (Å²) in [4.78, 5) is 16.7. The fraction of sp³-hybridized carbons (Fsp3) is 0.227. The minimum absolute atomic E-state index is 0.0844. The van der Waals surface area contributed by atoms with Crippen molar-refractivity contribution in [1.29, 1.82) is 0 Å². The van der Waals surface area contributed by atoms with Gasteiger partial charge in [-0.3, -0.25) is 4.79 Å². The van der Waals surface area contributed by atoms with E-state index in [-0.39, 0.29) is 5.91 Å². The first kappa shape index (κ1) is 19.8. The van der Waals surface area contributed by atoms with Crippen molar-refractivity contribution in [1.82, 2.24) is 9.21 Å². The number of piperazine rings is 1. The first-order valence-corrected chi connectivity index (χ1v) is 11.7. The Labute approximate surface area is 174 Å². The molecule has 1 fully saturated rings. The van der Waals surface area contributed by atoms with Crippen LogP contribution in [0.2, 0.25) is 0 Å². The van der Waals surface area contributed by atoms with Gasteiger partial charge in [-0.2, -0.15) is 4.31 Å². The highest BCUT2D eigenvalue weighted by atomic mass is 32.2. The van der Waals surface area contributed by atoms with Gasteiger partial charge in [0.05, 0.1) is 4.90 Å². The van der Waals surface area contributed by atoms with E-state index < -0.39 is 10.0 Å². The van der Waals surface area contributed by atoms with E-state index in [1.54, 1.807) is 34.4 Å². The average Bonchev–Trinajstić information content (AvgIpc) is 3.17. The van der Waals surface area contributed by atoms with Gasteiger partial charge in [0.15, 0.2) is 0 Å². The molecular formula is C22H22N2O3S2. The molecule has 2 aromatic carbocycles. The van der Waals surface area contributed by atoms with Crippen molar-refractivity contribution in [2.75, 3.05) is 26.2 Å². The van der Waals surface area contributed by atoms with Crippen molar-refractivity contribution < 1.29 is 13.2 Å². The Kier molecular flexibility index (Phi) is 5.54. The number of carbonyl (C=O) groups is 1. The summed E-state index contributed by atoms with van der Waals surface area (Å²) in [7, 11) is -3.58. The van der Waals surface area contributed by atoms with Crippen LogP contribution in [0.3, 0.4) is 0 Å². The summed E-state index contributed by atoms with van der Waals surface area (Å²) in [5, 5.41) is 1.91. The van der Waals surface area contributed by atoms with Gasteiger partial charge in [0.25, 0.3) is 0 Å². The average molecular weight is 427 g/mol. The normalized spacial score (nSPS) is 16.0. The largest absolute Gasteiger partial charge is 0.337 e. The van der Waals surface area contributed by atoms with Crippen LogP contribution in [0.15, 0.2) is 65.6 Å². The van der Waals surface area contributed by atoms with Crippen LogP contribution in [0.4, 0.5) is 0 Å². The minimum atomic E-state index is -3.58. The van der Waals surface area contributed by atoms with Gasteiger partial charge in [-0.15, -0.1) is 11.3 Å². The standard InChI is InChI=1S/C22H22N2O3S2/c1-17-6-8-20(28-17)9-11-22(25)23-12-14-24(15-13-23)29(26,27)21-10-7-18-4-2-3-5-19(18)16-21/h2-11,16H,12-15H2,1H3/b11-9+. The lowest BCUT2D eigenvalue weighted by Gasteiger charge is -2.33. The fourth-order valence-electron chi connectivity index (χ4n) is 3.43. The molecule has 7 heteroatoms. The van der Waals surface area contributed by atoms with Crippen LogP contribution in [-0.2, 0) is 14.8 Å². The van der Waals surface area contributed by atoms with Crippen LogP contribution in [0, 0.1) is 6.92 Å². The molecule has 4 rings (SSSR count). The quantitative estimate of drug-likeness (QED) is 0.597. The Morgan fingerprint density at radius 1 is 0.966 bits per heavy atom. The van der Waals surface area contributed by atoms with Crippen molar-refractivity contribution in [3.05, 3.63) is 70.4 Å². The van der Waals surface area contributed by atoms with Gasteiger partial charge in [-0.05, 0) is 48.0 Å². The molecule has 3 aromatic rings. The number of sulfonamides is 1. The number of thiophene rings is 1. The second-order valence-electron chi connectivity index (χ2n) is 7.02. The van der Waals surface area contributed by atoms with Gasteiger partial charge in [0.2, 0.25) is 15.9 Å². The van der Waals surface area contributed by atoms with Crippen LogP contribution in [0.5, 0.6) is 0 Å². The molecule has 0 saturated carbocycles. The number of nitrogens with zero attached hydrogens (tertiary/aromatic N) is 2. The number of rotatable bonds is 4. The van der Waals surface area contributed by atoms with Crippen LogP contribution in [0.25, 0.3) is 16.8 Å². The number of aryl methyl sites for hydroxylation is 1. The third-order valence-electron chi connectivity index (χ3n) is 5.06. The van der Waals surface area contributed by atoms with Crippen LogP contribution in [0.1, 0.15) is 9.75 Å². The second-order valence-corrected chi connectivity index (χ2v) is 10.3. The molecule has 0 unspecified atom stereocenters. The maximum absolute atomic E-state index is 13.0. The van der Waals surface area contributed by atoms with E-state index in [1.807, 2.05) is 55.5 Å². The van der Waals surface area contributed by atoms with E-state index in [4.69, 9.17) is 0 Å². The number of fused-ring (bicyclic) bond motifs is 1. The Balaban J connectivity index is 1.42. The lowest BCUT2D eigenvalue weighted by atomic mass is 10.1. The summed E-state index contributed by atoms with van der Waals surface area (Å²) in [6, 6.07) is 16.9. The van der Waals surface area contributed by atoms with E-state index >= 15 is 0 Å². The molecule has 5 nitrogen and oxygen atoms in total. The van der Waals surface area contributed by atoms with Crippen molar-refractivity contribution in [2.45, 2.75) is 11.8 Å². The zero-order chi connectivity index (χ0) is 20.4. The molecule has 150 valence electrons. The summed E-state index contributed by atoms with van der Waals surface area (Å²) in [6.07, 6.45) is 3.39. The molecule has 0 bridgehead atoms. The Hall–Kier alpha value is -2.48. The molecule has 1 aliphatic heterocycles. The molecule has 0 spiro atoms. The third kappa shape index (κ3) is 4.27. The lowest BCUT2D eigenvalue weighted by molar-refractivity contribution is -0.127. The lowest BCUT2D eigenvalue weighted by Crippen LogP contribution is -2.50. The highest BCUT2D eigenvalue weighted by molar-refractivity contribution is 7.89. The van der Waals surface area contributed by atoms with E-state index in [9.17, 15) is 13.2 Å². The van der Waals surface area contributed by atoms with Gasteiger partial charge < -0.3 is 4.90 Å². The number of hydrogen-bond acceptors (Lipinski definition) is 4. The third-order valence-corrected chi connectivity index (χ3v) is 7.92.